The number of hydrogen-bond acceptors (Lipinski definition) is 7. The van der Waals surface area contributed by atoms with Crippen LogP contribution in [-0.2, 0) is 14.3 Å². The zero-order chi connectivity index (χ0) is 26.0. The highest BCUT2D eigenvalue weighted by molar-refractivity contribution is 6.04. The number of ketones is 1. The van der Waals surface area contributed by atoms with E-state index in [1.807, 2.05) is 13.0 Å². The van der Waals surface area contributed by atoms with E-state index in [-0.39, 0.29) is 23.3 Å². The van der Waals surface area contributed by atoms with Crippen molar-refractivity contribution < 1.29 is 28.5 Å². The van der Waals surface area contributed by atoms with Crippen LogP contribution in [0.15, 0.2) is 34.7 Å². The van der Waals surface area contributed by atoms with Crippen molar-refractivity contribution in [2.45, 2.75) is 84.2 Å². The Labute approximate surface area is 214 Å². The lowest BCUT2D eigenvalue weighted by Crippen LogP contribution is -2.39. The maximum Gasteiger partial charge on any atom is 0.337 e. The van der Waals surface area contributed by atoms with Crippen LogP contribution in [0, 0.1) is 5.41 Å². The largest absolute Gasteiger partial charge is 0.493 e. The average molecular weight is 498 g/mol. The lowest BCUT2D eigenvalue weighted by molar-refractivity contribution is -0.145. The van der Waals surface area contributed by atoms with E-state index in [1.165, 1.54) is 12.8 Å². The van der Waals surface area contributed by atoms with Gasteiger partial charge in [-0.2, -0.15) is 0 Å². The Hall–Kier alpha value is -2.96. The van der Waals surface area contributed by atoms with E-state index >= 15 is 0 Å². The van der Waals surface area contributed by atoms with Gasteiger partial charge >= 0.3 is 5.97 Å². The fourth-order valence-electron chi connectivity index (χ4n) is 5.94. The quantitative estimate of drug-likeness (QED) is 0.406. The Balaban J connectivity index is 1.85. The summed E-state index contributed by atoms with van der Waals surface area (Å²) in [5.41, 5.74) is 3.15. The molecule has 1 aromatic rings. The van der Waals surface area contributed by atoms with E-state index in [1.54, 1.807) is 27.4 Å². The lowest BCUT2D eigenvalue weighted by Gasteiger charge is -2.40. The standard InChI is InChI=1S/C29H39NO6/c1-17-23(28(32)36-18-11-9-7-8-10-12-18)24(25-20(30-17)15-29(2,3)16-21(25)31)19-13-14-22(33-4)27(35-6)26(19)34-5/h13-14,18,24,30H,7-12,15-16H2,1-6H3. The predicted octanol–water partition coefficient (Wildman–Crippen LogP) is 5.58. The number of carbonyl (C=O) groups is 2. The van der Waals surface area contributed by atoms with E-state index in [2.05, 4.69) is 19.2 Å². The number of hydrogen-bond donors (Lipinski definition) is 1. The zero-order valence-corrected chi connectivity index (χ0v) is 22.4. The Morgan fingerprint density at radius 1 is 0.944 bits per heavy atom. The molecule has 1 heterocycles. The van der Waals surface area contributed by atoms with E-state index in [9.17, 15) is 9.59 Å². The van der Waals surface area contributed by atoms with Gasteiger partial charge in [0.05, 0.1) is 32.8 Å². The van der Waals surface area contributed by atoms with Crippen LogP contribution in [0.5, 0.6) is 17.2 Å². The van der Waals surface area contributed by atoms with Crippen LogP contribution >= 0.6 is 0 Å². The molecule has 0 spiro atoms. The molecule has 196 valence electrons. The summed E-state index contributed by atoms with van der Waals surface area (Å²) in [5.74, 6) is 0.413. The molecule has 1 fully saturated rings. The first-order valence-electron chi connectivity index (χ1n) is 12.9. The van der Waals surface area contributed by atoms with Gasteiger partial charge in [0, 0.05) is 29.0 Å². The normalized spacial score (nSPS) is 22.4. The summed E-state index contributed by atoms with van der Waals surface area (Å²) in [5, 5.41) is 3.41. The number of carbonyl (C=O) groups excluding carboxylic acids is 2. The fourth-order valence-corrected chi connectivity index (χ4v) is 5.94. The number of Topliss-reactive ketones (excluding diaryl/α,β-unsaturated/α-hetero) is 1. The molecule has 36 heavy (non-hydrogen) atoms. The van der Waals surface area contributed by atoms with Crippen molar-refractivity contribution in [3.05, 3.63) is 40.2 Å². The van der Waals surface area contributed by atoms with E-state index < -0.39 is 5.92 Å². The van der Waals surface area contributed by atoms with E-state index in [4.69, 9.17) is 18.9 Å². The monoisotopic (exact) mass is 497 g/mol. The van der Waals surface area contributed by atoms with Crippen LogP contribution in [0.25, 0.3) is 0 Å². The first-order valence-corrected chi connectivity index (χ1v) is 12.9. The lowest BCUT2D eigenvalue weighted by atomic mass is 9.68. The van der Waals surface area contributed by atoms with E-state index in [0.717, 1.165) is 31.4 Å². The predicted molar refractivity (Wildman–Crippen MR) is 137 cm³/mol. The Bertz CT molecular complexity index is 1090. The molecule has 3 aliphatic rings. The summed E-state index contributed by atoms with van der Waals surface area (Å²) < 4.78 is 23.0. The first kappa shape index (κ1) is 26.1. The number of ether oxygens (including phenoxy) is 4. The van der Waals surface area contributed by atoms with Crippen LogP contribution in [0.2, 0.25) is 0 Å². The second kappa shape index (κ2) is 10.6. The molecule has 0 radical (unpaired) electrons. The molecule has 1 atom stereocenters. The third-order valence-electron chi connectivity index (χ3n) is 7.58. The highest BCUT2D eigenvalue weighted by Gasteiger charge is 2.45. The fraction of sp³-hybridized carbons (Fsp3) is 0.586. The number of methoxy groups -OCH3 is 3. The molecule has 0 aromatic heterocycles. The zero-order valence-electron chi connectivity index (χ0n) is 22.4. The van der Waals surface area contributed by atoms with Gasteiger partial charge in [0.2, 0.25) is 5.75 Å². The first-order chi connectivity index (χ1) is 17.2. The van der Waals surface area contributed by atoms with Gasteiger partial charge in [-0.1, -0.05) is 32.8 Å². The number of allylic oxidation sites excluding steroid dienone is 3. The number of rotatable bonds is 6. The SMILES string of the molecule is COc1ccc(C2C(C(=O)OC3CCCCCC3)=C(C)NC3=C2C(=O)CC(C)(C)C3)c(OC)c1OC. The smallest absolute Gasteiger partial charge is 0.337 e. The van der Waals surface area contributed by atoms with Crippen LogP contribution in [0.1, 0.15) is 83.6 Å². The summed E-state index contributed by atoms with van der Waals surface area (Å²) in [6.45, 7) is 6.08. The second-order valence-electron chi connectivity index (χ2n) is 10.9. The summed E-state index contributed by atoms with van der Waals surface area (Å²) >= 11 is 0. The second-order valence-corrected chi connectivity index (χ2v) is 10.9. The minimum Gasteiger partial charge on any atom is -0.493 e. The summed E-state index contributed by atoms with van der Waals surface area (Å²) in [6, 6.07) is 3.65. The molecule has 0 saturated heterocycles. The maximum atomic E-state index is 13.8. The highest BCUT2D eigenvalue weighted by Crippen LogP contribution is 2.52. The molecule has 7 heteroatoms. The molecule has 7 nitrogen and oxygen atoms in total. The van der Waals surface area contributed by atoms with Crippen LogP contribution < -0.4 is 19.5 Å². The Morgan fingerprint density at radius 2 is 1.61 bits per heavy atom. The Kier molecular flexibility index (Phi) is 7.67. The molecular formula is C29H39NO6. The van der Waals surface area contributed by atoms with Gasteiger partial charge in [0.25, 0.3) is 0 Å². The van der Waals surface area contributed by atoms with Crippen molar-refractivity contribution >= 4 is 11.8 Å². The summed E-state index contributed by atoms with van der Waals surface area (Å²) in [4.78, 5) is 27.5. The number of nitrogens with one attached hydrogen (secondary N) is 1. The molecule has 4 rings (SSSR count). The maximum absolute atomic E-state index is 13.8. The number of dihydropyridines is 1. The van der Waals surface area contributed by atoms with Crippen LogP contribution in [0.3, 0.4) is 0 Å². The van der Waals surface area contributed by atoms with E-state index in [0.29, 0.717) is 52.5 Å². The van der Waals surface area contributed by atoms with Gasteiger partial charge in [-0.15, -0.1) is 0 Å². The van der Waals surface area contributed by atoms with Gasteiger partial charge in [0.1, 0.15) is 6.10 Å². The van der Waals surface area contributed by atoms with Crippen molar-refractivity contribution in [1.82, 2.24) is 5.32 Å². The Morgan fingerprint density at radius 3 is 2.22 bits per heavy atom. The van der Waals surface area contributed by atoms with Gasteiger partial charge in [-0.25, -0.2) is 4.79 Å². The molecule has 0 amide bonds. The summed E-state index contributed by atoms with van der Waals surface area (Å²) in [6.07, 6.45) is 7.21. The highest BCUT2D eigenvalue weighted by atomic mass is 16.5. The molecule has 1 saturated carbocycles. The van der Waals surface area contributed by atoms with Crippen molar-refractivity contribution in [3.63, 3.8) is 0 Å². The number of esters is 1. The topological polar surface area (TPSA) is 83.1 Å². The molecule has 1 aliphatic heterocycles. The van der Waals surface area contributed by atoms with Crippen molar-refractivity contribution in [2.75, 3.05) is 21.3 Å². The molecular weight excluding hydrogens is 458 g/mol. The molecule has 0 bridgehead atoms. The third kappa shape index (κ3) is 4.97. The number of benzene rings is 1. The van der Waals surface area contributed by atoms with Crippen LogP contribution in [-0.4, -0.2) is 39.2 Å². The van der Waals surface area contributed by atoms with Crippen molar-refractivity contribution in [3.8, 4) is 17.2 Å². The average Bonchev–Trinajstić information content (AvgIpc) is 3.09. The van der Waals surface area contributed by atoms with Crippen LogP contribution in [0.4, 0.5) is 0 Å². The van der Waals surface area contributed by atoms with Gasteiger partial charge in [-0.3, -0.25) is 4.79 Å². The van der Waals surface area contributed by atoms with Gasteiger partial charge < -0.3 is 24.3 Å². The summed E-state index contributed by atoms with van der Waals surface area (Å²) in [7, 11) is 4.67. The van der Waals surface area contributed by atoms with Gasteiger partial charge in [0.15, 0.2) is 17.3 Å². The third-order valence-corrected chi connectivity index (χ3v) is 7.58. The van der Waals surface area contributed by atoms with Crippen molar-refractivity contribution in [2.24, 2.45) is 5.41 Å². The van der Waals surface area contributed by atoms with Crippen molar-refractivity contribution in [1.29, 1.82) is 0 Å². The molecule has 1 N–H and O–H groups in total. The minimum atomic E-state index is -0.627. The van der Waals surface area contributed by atoms with Gasteiger partial charge in [-0.05, 0) is 50.5 Å². The molecule has 1 aromatic carbocycles. The molecule has 2 aliphatic carbocycles. The minimum absolute atomic E-state index is 0.0304. The molecule has 1 unspecified atom stereocenters.